The van der Waals surface area contributed by atoms with E-state index in [9.17, 15) is 4.79 Å². The second-order valence-corrected chi connectivity index (χ2v) is 6.16. The molecule has 1 aromatic carbocycles. The van der Waals surface area contributed by atoms with E-state index in [0.717, 1.165) is 24.5 Å². The van der Waals surface area contributed by atoms with Gasteiger partial charge >= 0.3 is 0 Å². The molecule has 1 amide bonds. The molecule has 0 radical (unpaired) electrons. The van der Waals surface area contributed by atoms with Crippen LogP contribution in [-0.4, -0.2) is 46.2 Å². The molecule has 7 heteroatoms. The summed E-state index contributed by atoms with van der Waals surface area (Å²) in [6, 6.07) is 12.9. The fourth-order valence-electron chi connectivity index (χ4n) is 2.35. The summed E-state index contributed by atoms with van der Waals surface area (Å²) in [5, 5.41) is 10.4. The Labute approximate surface area is 152 Å². The minimum atomic E-state index is -0.182. The van der Waals surface area contributed by atoms with E-state index in [1.807, 2.05) is 49.2 Å². The summed E-state index contributed by atoms with van der Waals surface area (Å²) >= 11 is 0. The number of carbonyl (C=O) groups excluding carboxylic acids is 1. The van der Waals surface area contributed by atoms with Gasteiger partial charge in [0.25, 0.3) is 5.91 Å². The van der Waals surface area contributed by atoms with E-state index in [0.29, 0.717) is 11.4 Å². The van der Waals surface area contributed by atoms with Crippen molar-refractivity contribution in [3.8, 4) is 0 Å². The first kappa shape index (κ1) is 17.6. The molecule has 0 saturated carbocycles. The molecule has 0 saturated heterocycles. The summed E-state index contributed by atoms with van der Waals surface area (Å²) in [7, 11) is 4.03. The lowest BCUT2D eigenvalue weighted by molar-refractivity contribution is 0.102. The maximum Gasteiger partial charge on any atom is 0.256 e. The standard InChI is InChI=1S/C19H22N6O/c1-24(2)13-14-25-12-9-18(23-25)22-19(26)15-3-5-16(6-4-15)21-17-7-10-20-11-8-17/h3-12H,13-14H2,1-2H3,(H,20,21)(H,22,23,26). The molecule has 2 N–H and O–H groups in total. The Morgan fingerprint density at radius 3 is 2.42 bits per heavy atom. The van der Waals surface area contributed by atoms with Crippen molar-refractivity contribution in [1.29, 1.82) is 0 Å². The van der Waals surface area contributed by atoms with E-state index >= 15 is 0 Å². The largest absolute Gasteiger partial charge is 0.355 e. The highest BCUT2D eigenvalue weighted by Crippen LogP contribution is 2.16. The lowest BCUT2D eigenvalue weighted by atomic mass is 10.2. The van der Waals surface area contributed by atoms with Crippen molar-refractivity contribution in [1.82, 2.24) is 19.7 Å². The number of carbonyl (C=O) groups is 1. The van der Waals surface area contributed by atoms with Gasteiger partial charge in [-0.3, -0.25) is 14.5 Å². The number of nitrogens with one attached hydrogen (secondary N) is 2. The second-order valence-electron chi connectivity index (χ2n) is 6.16. The first-order valence-corrected chi connectivity index (χ1v) is 8.37. The molecule has 26 heavy (non-hydrogen) atoms. The molecule has 0 bridgehead atoms. The van der Waals surface area contributed by atoms with E-state index in [1.54, 1.807) is 30.6 Å². The summed E-state index contributed by atoms with van der Waals surface area (Å²) in [5.74, 6) is 0.367. The van der Waals surface area contributed by atoms with Gasteiger partial charge in [-0.05, 0) is 50.5 Å². The molecule has 0 aliphatic heterocycles. The SMILES string of the molecule is CN(C)CCn1ccc(NC(=O)c2ccc(Nc3ccncc3)cc2)n1. The van der Waals surface area contributed by atoms with Gasteiger partial charge in [0.05, 0.1) is 6.54 Å². The topological polar surface area (TPSA) is 75.1 Å². The zero-order chi connectivity index (χ0) is 18.4. The molecule has 0 unspecified atom stereocenters. The van der Waals surface area contributed by atoms with E-state index in [-0.39, 0.29) is 5.91 Å². The summed E-state index contributed by atoms with van der Waals surface area (Å²) in [5.41, 5.74) is 2.43. The van der Waals surface area contributed by atoms with Crippen molar-refractivity contribution >= 4 is 23.1 Å². The number of pyridine rings is 1. The van der Waals surface area contributed by atoms with Crippen molar-refractivity contribution in [2.24, 2.45) is 0 Å². The third-order valence-electron chi connectivity index (χ3n) is 3.77. The predicted molar refractivity (Wildman–Crippen MR) is 103 cm³/mol. The van der Waals surface area contributed by atoms with Crippen LogP contribution in [0.1, 0.15) is 10.4 Å². The number of aromatic nitrogens is 3. The van der Waals surface area contributed by atoms with Gasteiger partial charge in [-0.15, -0.1) is 0 Å². The van der Waals surface area contributed by atoms with Gasteiger partial charge in [0.15, 0.2) is 5.82 Å². The molecule has 0 fully saturated rings. The Morgan fingerprint density at radius 1 is 1.04 bits per heavy atom. The van der Waals surface area contributed by atoms with Crippen molar-refractivity contribution in [3.63, 3.8) is 0 Å². The zero-order valence-corrected chi connectivity index (χ0v) is 14.9. The van der Waals surface area contributed by atoms with Crippen LogP contribution in [0.3, 0.4) is 0 Å². The van der Waals surface area contributed by atoms with Crippen LogP contribution >= 0.6 is 0 Å². The molecule has 0 spiro atoms. The van der Waals surface area contributed by atoms with Gasteiger partial charge in [-0.25, -0.2) is 0 Å². The third-order valence-corrected chi connectivity index (χ3v) is 3.77. The van der Waals surface area contributed by atoms with E-state index < -0.39 is 0 Å². The normalized spacial score (nSPS) is 10.7. The maximum absolute atomic E-state index is 12.4. The van der Waals surface area contributed by atoms with Crippen LogP contribution in [0.15, 0.2) is 61.1 Å². The average Bonchev–Trinajstić information content (AvgIpc) is 3.09. The molecule has 2 aromatic heterocycles. The van der Waals surface area contributed by atoms with Gasteiger partial charge in [0.1, 0.15) is 0 Å². The van der Waals surface area contributed by atoms with Crippen molar-refractivity contribution < 1.29 is 4.79 Å². The first-order valence-electron chi connectivity index (χ1n) is 8.37. The third kappa shape index (κ3) is 4.90. The highest BCUT2D eigenvalue weighted by Gasteiger charge is 2.08. The van der Waals surface area contributed by atoms with Crippen LogP contribution in [0.5, 0.6) is 0 Å². The maximum atomic E-state index is 12.4. The molecular weight excluding hydrogens is 328 g/mol. The van der Waals surface area contributed by atoms with Crippen LogP contribution in [0.25, 0.3) is 0 Å². The van der Waals surface area contributed by atoms with E-state index in [4.69, 9.17) is 0 Å². The van der Waals surface area contributed by atoms with Gasteiger partial charge in [0.2, 0.25) is 0 Å². The molecular formula is C19H22N6O. The summed E-state index contributed by atoms with van der Waals surface area (Å²) in [6.07, 6.45) is 5.31. The average molecular weight is 350 g/mol. The number of benzene rings is 1. The number of hydrogen-bond acceptors (Lipinski definition) is 5. The number of hydrogen-bond donors (Lipinski definition) is 2. The van der Waals surface area contributed by atoms with Gasteiger partial charge < -0.3 is 15.5 Å². The van der Waals surface area contributed by atoms with E-state index in [2.05, 4.69) is 25.6 Å². The molecule has 0 aliphatic carbocycles. The van der Waals surface area contributed by atoms with Crippen LogP contribution < -0.4 is 10.6 Å². The highest BCUT2D eigenvalue weighted by atomic mass is 16.1. The van der Waals surface area contributed by atoms with Crippen LogP contribution in [0.4, 0.5) is 17.2 Å². The fraction of sp³-hybridized carbons (Fsp3) is 0.211. The van der Waals surface area contributed by atoms with Crippen molar-refractivity contribution in [2.75, 3.05) is 31.3 Å². The van der Waals surface area contributed by atoms with Gasteiger partial charge in [-0.1, -0.05) is 0 Å². The second kappa shape index (κ2) is 8.26. The van der Waals surface area contributed by atoms with Gasteiger partial charge in [0, 0.05) is 48.1 Å². The fourth-order valence-corrected chi connectivity index (χ4v) is 2.35. The summed E-state index contributed by atoms with van der Waals surface area (Å²) in [4.78, 5) is 18.4. The minimum absolute atomic E-state index is 0.182. The summed E-state index contributed by atoms with van der Waals surface area (Å²) < 4.78 is 1.82. The molecule has 0 atom stereocenters. The minimum Gasteiger partial charge on any atom is -0.355 e. The Hall–Kier alpha value is -3.19. The lowest BCUT2D eigenvalue weighted by Gasteiger charge is -2.09. The molecule has 2 heterocycles. The lowest BCUT2D eigenvalue weighted by Crippen LogP contribution is -2.19. The Morgan fingerprint density at radius 2 is 1.73 bits per heavy atom. The van der Waals surface area contributed by atoms with Crippen LogP contribution in [0.2, 0.25) is 0 Å². The number of rotatable bonds is 7. The number of nitrogens with zero attached hydrogens (tertiary/aromatic N) is 4. The molecule has 3 aromatic rings. The summed E-state index contributed by atoms with van der Waals surface area (Å²) in [6.45, 7) is 1.67. The van der Waals surface area contributed by atoms with Crippen molar-refractivity contribution in [3.05, 3.63) is 66.6 Å². The van der Waals surface area contributed by atoms with Crippen LogP contribution in [0, 0.1) is 0 Å². The Bertz CT molecular complexity index is 842. The Kier molecular flexibility index (Phi) is 5.60. The zero-order valence-electron chi connectivity index (χ0n) is 14.9. The first-order chi connectivity index (χ1) is 12.6. The predicted octanol–water partition coefficient (Wildman–Crippen LogP) is 2.84. The molecule has 0 aliphatic rings. The van der Waals surface area contributed by atoms with Crippen molar-refractivity contribution in [2.45, 2.75) is 6.54 Å². The van der Waals surface area contributed by atoms with E-state index in [1.165, 1.54) is 0 Å². The molecule has 3 rings (SSSR count). The molecule has 7 nitrogen and oxygen atoms in total. The smallest absolute Gasteiger partial charge is 0.256 e. The Balaban J connectivity index is 1.58. The number of likely N-dealkylation sites (N-methyl/N-ethyl adjacent to an activating group) is 1. The highest BCUT2D eigenvalue weighted by molar-refractivity contribution is 6.03. The number of anilines is 3. The number of amides is 1. The van der Waals surface area contributed by atoms with Crippen LogP contribution in [-0.2, 0) is 6.54 Å². The van der Waals surface area contributed by atoms with Gasteiger partial charge in [-0.2, -0.15) is 5.10 Å². The quantitative estimate of drug-likeness (QED) is 0.685. The monoisotopic (exact) mass is 350 g/mol. The molecule has 134 valence electrons.